The van der Waals surface area contributed by atoms with Gasteiger partial charge in [0.1, 0.15) is 0 Å². The normalized spacial score (nSPS) is 17.4. The standard InChI is InChI=1S/C19H21NO2/c21-19(22)11-6-12-20-14-16-9-4-5-10-17(16)18(20)13-15-7-2-1-3-8-15/h1-5,7-10,18H,6,11-14H2,(H,21,22). The van der Waals surface area contributed by atoms with Crippen LogP contribution in [0.25, 0.3) is 0 Å². The van der Waals surface area contributed by atoms with Gasteiger partial charge in [-0.3, -0.25) is 9.69 Å². The summed E-state index contributed by atoms with van der Waals surface area (Å²) in [7, 11) is 0. The van der Waals surface area contributed by atoms with Gasteiger partial charge in [-0.2, -0.15) is 0 Å². The molecule has 22 heavy (non-hydrogen) atoms. The summed E-state index contributed by atoms with van der Waals surface area (Å²) in [5.41, 5.74) is 4.09. The summed E-state index contributed by atoms with van der Waals surface area (Å²) in [6, 6.07) is 19.4. The number of hydrogen-bond acceptors (Lipinski definition) is 2. The highest BCUT2D eigenvalue weighted by Gasteiger charge is 2.29. The molecule has 1 N–H and O–H groups in total. The molecule has 1 aliphatic heterocycles. The van der Waals surface area contributed by atoms with Gasteiger partial charge < -0.3 is 5.11 Å². The van der Waals surface area contributed by atoms with Crippen molar-refractivity contribution in [3.63, 3.8) is 0 Å². The molecule has 1 aliphatic rings. The predicted octanol–water partition coefficient (Wildman–Crippen LogP) is 3.65. The van der Waals surface area contributed by atoms with E-state index in [-0.39, 0.29) is 6.42 Å². The van der Waals surface area contributed by atoms with Crippen LogP contribution in [-0.4, -0.2) is 22.5 Å². The van der Waals surface area contributed by atoms with E-state index in [0.717, 1.165) is 19.5 Å². The van der Waals surface area contributed by atoms with Crippen LogP contribution in [-0.2, 0) is 17.8 Å². The van der Waals surface area contributed by atoms with Crippen molar-refractivity contribution in [2.45, 2.75) is 31.8 Å². The summed E-state index contributed by atoms with van der Waals surface area (Å²) in [6.45, 7) is 1.76. The third-order valence-corrected chi connectivity index (χ3v) is 4.34. The first-order valence-corrected chi connectivity index (χ1v) is 7.81. The summed E-state index contributed by atoms with van der Waals surface area (Å²) < 4.78 is 0. The lowest BCUT2D eigenvalue weighted by Gasteiger charge is -2.25. The first-order valence-electron chi connectivity index (χ1n) is 7.81. The van der Waals surface area contributed by atoms with Crippen LogP contribution in [0.4, 0.5) is 0 Å². The van der Waals surface area contributed by atoms with Crippen LogP contribution in [0.5, 0.6) is 0 Å². The summed E-state index contributed by atoms with van der Waals surface area (Å²) >= 11 is 0. The van der Waals surface area contributed by atoms with Gasteiger partial charge >= 0.3 is 5.97 Å². The Balaban J connectivity index is 1.76. The highest BCUT2D eigenvalue weighted by molar-refractivity contribution is 5.66. The Hall–Kier alpha value is -2.13. The maximum absolute atomic E-state index is 10.7. The lowest BCUT2D eigenvalue weighted by atomic mass is 9.98. The summed E-state index contributed by atoms with van der Waals surface area (Å²) in [6.07, 6.45) is 1.92. The van der Waals surface area contributed by atoms with Gasteiger partial charge in [0.2, 0.25) is 0 Å². The largest absolute Gasteiger partial charge is 0.481 e. The molecule has 0 saturated carbocycles. The number of rotatable bonds is 6. The predicted molar refractivity (Wildman–Crippen MR) is 86.6 cm³/mol. The molecule has 2 aromatic carbocycles. The van der Waals surface area contributed by atoms with Crippen molar-refractivity contribution in [3.05, 3.63) is 71.3 Å². The average molecular weight is 295 g/mol. The average Bonchev–Trinajstić information content (AvgIpc) is 2.86. The number of benzene rings is 2. The molecule has 0 aromatic heterocycles. The Kier molecular flexibility index (Phi) is 4.54. The van der Waals surface area contributed by atoms with E-state index in [1.165, 1.54) is 16.7 Å². The molecule has 3 nitrogen and oxygen atoms in total. The Labute approximate surface area is 131 Å². The van der Waals surface area contributed by atoms with Gasteiger partial charge in [0, 0.05) is 19.0 Å². The smallest absolute Gasteiger partial charge is 0.303 e. The molecule has 3 rings (SSSR count). The second-order valence-electron chi connectivity index (χ2n) is 5.87. The monoisotopic (exact) mass is 295 g/mol. The zero-order chi connectivity index (χ0) is 15.4. The van der Waals surface area contributed by atoms with Gasteiger partial charge in [0.05, 0.1) is 0 Å². The fourth-order valence-corrected chi connectivity index (χ4v) is 3.27. The van der Waals surface area contributed by atoms with Gasteiger partial charge in [-0.15, -0.1) is 0 Å². The van der Waals surface area contributed by atoms with E-state index in [1.54, 1.807) is 0 Å². The summed E-state index contributed by atoms with van der Waals surface area (Å²) in [4.78, 5) is 13.2. The van der Waals surface area contributed by atoms with Crippen LogP contribution in [0.3, 0.4) is 0 Å². The Morgan fingerprint density at radius 3 is 2.59 bits per heavy atom. The number of carbonyl (C=O) groups is 1. The van der Waals surface area contributed by atoms with E-state index in [2.05, 4.69) is 53.4 Å². The van der Waals surface area contributed by atoms with Crippen molar-refractivity contribution in [1.82, 2.24) is 4.90 Å². The van der Waals surface area contributed by atoms with Gasteiger partial charge in [0.25, 0.3) is 0 Å². The lowest BCUT2D eigenvalue weighted by molar-refractivity contribution is -0.137. The van der Waals surface area contributed by atoms with Crippen molar-refractivity contribution in [2.24, 2.45) is 0 Å². The van der Waals surface area contributed by atoms with Gasteiger partial charge in [-0.05, 0) is 36.1 Å². The van der Waals surface area contributed by atoms with Crippen molar-refractivity contribution in [3.8, 4) is 0 Å². The van der Waals surface area contributed by atoms with Crippen LogP contribution in [0.2, 0.25) is 0 Å². The van der Waals surface area contributed by atoms with E-state index < -0.39 is 5.97 Å². The number of hydrogen-bond donors (Lipinski definition) is 1. The minimum Gasteiger partial charge on any atom is -0.481 e. The summed E-state index contributed by atoms with van der Waals surface area (Å²) in [5, 5.41) is 8.84. The Bertz CT molecular complexity index is 639. The van der Waals surface area contributed by atoms with Crippen LogP contribution in [0.15, 0.2) is 54.6 Å². The molecule has 0 spiro atoms. The van der Waals surface area contributed by atoms with Crippen LogP contribution in [0, 0.1) is 0 Å². The second kappa shape index (κ2) is 6.75. The van der Waals surface area contributed by atoms with E-state index in [4.69, 9.17) is 5.11 Å². The zero-order valence-corrected chi connectivity index (χ0v) is 12.6. The van der Waals surface area contributed by atoms with Gasteiger partial charge in [-0.1, -0.05) is 54.6 Å². The summed E-state index contributed by atoms with van der Waals surface area (Å²) in [5.74, 6) is -0.712. The van der Waals surface area contributed by atoms with Crippen LogP contribution in [0.1, 0.15) is 35.6 Å². The fraction of sp³-hybridized carbons (Fsp3) is 0.316. The third kappa shape index (κ3) is 3.37. The van der Waals surface area contributed by atoms with Gasteiger partial charge in [-0.25, -0.2) is 0 Å². The molecule has 0 amide bonds. The molecule has 0 radical (unpaired) electrons. The van der Waals surface area contributed by atoms with Crippen molar-refractivity contribution in [2.75, 3.05) is 6.54 Å². The molecule has 0 saturated heterocycles. The number of aliphatic carboxylic acids is 1. The number of nitrogens with zero attached hydrogens (tertiary/aromatic N) is 1. The molecule has 1 atom stereocenters. The van der Waals surface area contributed by atoms with E-state index >= 15 is 0 Å². The molecule has 1 heterocycles. The Morgan fingerprint density at radius 1 is 1.09 bits per heavy atom. The highest BCUT2D eigenvalue weighted by Crippen LogP contribution is 2.36. The maximum atomic E-state index is 10.7. The number of fused-ring (bicyclic) bond motifs is 1. The number of carboxylic acid groups (broad SMARTS) is 1. The van der Waals surface area contributed by atoms with E-state index in [9.17, 15) is 4.79 Å². The van der Waals surface area contributed by atoms with E-state index in [1.807, 2.05) is 6.07 Å². The topological polar surface area (TPSA) is 40.5 Å². The second-order valence-corrected chi connectivity index (χ2v) is 5.87. The zero-order valence-electron chi connectivity index (χ0n) is 12.6. The molecule has 0 aliphatic carbocycles. The highest BCUT2D eigenvalue weighted by atomic mass is 16.4. The quantitative estimate of drug-likeness (QED) is 0.884. The minimum absolute atomic E-state index is 0.241. The van der Waals surface area contributed by atoms with E-state index in [0.29, 0.717) is 12.5 Å². The molecule has 114 valence electrons. The molecule has 1 unspecified atom stereocenters. The third-order valence-electron chi connectivity index (χ3n) is 4.34. The fourth-order valence-electron chi connectivity index (χ4n) is 3.27. The van der Waals surface area contributed by atoms with Crippen LogP contribution >= 0.6 is 0 Å². The lowest BCUT2D eigenvalue weighted by Crippen LogP contribution is -2.25. The molecule has 3 heteroatoms. The SMILES string of the molecule is O=C(O)CCCN1Cc2ccccc2C1Cc1ccccc1. The van der Waals surface area contributed by atoms with Crippen molar-refractivity contribution in [1.29, 1.82) is 0 Å². The molecular weight excluding hydrogens is 274 g/mol. The van der Waals surface area contributed by atoms with Crippen LogP contribution < -0.4 is 0 Å². The van der Waals surface area contributed by atoms with Gasteiger partial charge in [0.15, 0.2) is 0 Å². The molecule has 0 fully saturated rings. The van der Waals surface area contributed by atoms with Crippen molar-refractivity contribution < 1.29 is 9.90 Å². The number of carboxylic acids is 1. The molecular formula is C19H21NO2. The minimum atomic E-state index is -0.712. The Morgan fingerprint density at radius 2 is 1.82 bits per heavy atom. The molecule has 2 aromatic rings. The molecule has 0 bridgehead atoms. The van der Waals surface area contributed by atoms with Crippen molar-refractivity contribution >= 4 is 5.97 Å². The first kappa shape index (κ1) is 14.8. The first-order chi connectivity index (χ1) is 10.7. The maximum Gasteiger partial charge on any atom is 0.303 e.